The molecule has 0 bridgehead atoms. The van der Waals surface area contributed by atoms with Gasteiger partial charge in [-0.3, -0.25) is 4.40 Å². The number of halogens is 2. The first-order valence-corrected chi connectivity index (χ1v) is 10.7. The van der Waals surface area contributed by atoms with Crippen LogP contribution in [0, 0.1) is 11.6 Å². The van der Waals surface area contributed by atoms with Crippen LogP contribution in [0.25, 0.3) is 17.2 Å². The Morgan fingerprint density at radius 3 is 2.55 bits per heavy atom. The quantitative estimate of drug-likeness (QED) is 0.371. The van der Waals surface area contributed by atoms with Crippen LogP contribution in [-0.2, 0) is 4.74 Å². The summed E-state index contributed by atoms with van der Waals surface area (Å²) in [5.74, 6) is -0.788. The van der Waals surface area contributed by atoms with Crippen molar-refractivity contribution in [1.29, 1.82) is 0 Å². The highest BCUT2D eigenvalue weighted by molar-refractivity contribution is 5.94. The van der Waals surface area contributed by atoms with Gasteiger partial charge in [0.15, 0.2) is 5.82 Å². The van der Waals surface area contributed by atoms with Crippen molar-refractivity contribution in [3.8, 4) is 11.5 Å². The van der Waals surface area contributed by atoms with Gasteiger partial charge in [-0.25, -0.2) is 28.5 Å². The largest absolute Gasteiger partial charge is 0.462 e. The van der Waals surface area contributed by atoms with Crippen LogP contribution in [0.1, 0.15) is 48.7 Å². The lowest BCUT2D eigenvalue weighted by molar-refractivity contribution is 0.0526. The Balaban J connectivity index is 1.78. The van der Waals surface area contributed by atoms with Crippen LogP contribution in [0.15, 0.2) is 55.0 Å². The molecule has 0 aliphatic heterocycles. The van der Waals surface area contributed by atoms with Crippen molar-refractivity contribution >= 4 is 17.4 Å². The van der Waals surface area contributed by atoms with E-state index in [0.717, 1.165) is 12.0 Å². The average molecular weight is 451 g/mol. The van der Waals surface area contributed by atoms with Crippen LogP contribution < -0.4 is 5.32 Å². The van der Waals surface area contributed by atoms with Crippen LogP contribution in [0.5, 0.6) is 0 Å². The number of pyridine rings is 1. The second-order valence-corrected chi connectivity index (χ2v) is 7.43. The van der Waals surface area contributed by atoms with Crippen LogP contribution in [0.2, 0.25) is 0 Å². The summed E-state index contributed by atoms with van der Waals surface area (Å²) < 4.78 is 34.0. The Labute approximate surface area is 189 Å². The normalized spacial score (nSPS) is 12.0. The first kappa shape index (κ1) is 22.3. The summed E-state index contributed by atoms with van der Waals surface area (Å²) in [5, 5.41) is 3.31. The first-order chi connectivity index (χ1) is 16.0. The summed E-state index contributed by atoms with van der Waals surface area (Å²) in [6.07, 6.45) is 5.78. The van der Waals surface area contributed by atoms with Gasteiger partial charge in [0.25, 0.3) is 0 Å². The van der Waals surface area contributed by atoms with E-state index in [4.69, 9.17) is 4.74 Å². The van der Waals surface area contributed by atoms with Gasteiger partial charge in [0.1, 0.15) is 34.4 Å². The molecule has 1 aromatic carbocycles. The van der Waals surface area contributed by atoms with Crippen molar-refractivity contribution in [1.82, 2.24) is 19.4 Å². The van der Waals surface area contributed by atoms with Crippen LogP contribution >= 0.6 is 0 Å². The standard InChI is InChI=1S/C24H23F2N5O2/c1-3-5-19(15-6-8-16(25)9-7-15)29-22-18(24(32)33-4-2)12-28-23(30-22)20-13-27-21-11-10-17(26)14-31(20)21/h6-14,19H,3-5H2,1-2H3,(H,28,29,30). The summed E-state index contributed by atoms with van der Waals surface area (Å²) in [4.78, 5) is 25.8. The molecule has 1 N–H and O–H groups in total. The third kappa shape index (κ3) is 4.82. The lowest BCUT2D eigenvalue weighted by Gasteiger charge is -2.21. The predicted molar refractivity (Wildman–Crippen MR) is 120 cm³/mol. The van der Waals surface area contributed by atoms with Crippen molar-refractivity contribution in [3.63, 3.8) is 0 Å². The highest BCUT2D eigenvalue weighted by Gasteiger charge is 2.21. The summed E-state index contributed by atoms with van der Waals surface area (Å²) in [6.45, 7) is 3.94. The summed E-state index contributed by atoms with van der Waals surface area (Å²) in [6, 6.07) is 8.82. The molecule has 0 aliphatic rings. The topological polar surface area (TPSA) is 81.4 Å². The maximum absolute atomic E-state index is 13.8. The molecule has 9 heteroatoms. The van der Waals surface area contributed by atoms with Gasteiger partial charge < -0.3 is 10.1 Å². The number of imidazole rings is 1. The fraction of sp³-hybridized carbons (Fsp3) is 0.250. The molecule has 0 aliphatic carbocycles. The van der Waals surface area contributed by atoms with Gasteiger partial charge in [-0.2, -0.15) is 0 Å². The van der Waals surface area contributed by atoms with E-state index in [1.165, 1.54) is 30.6 Å². The molecule has 0 spiro atoms. The van der Waals surface area contributed by atoms with Crippen molar-refractivity contribution in [3.05, 3.63) is 77.8 Å². The third-order valence-corrected chi connectivity index (χ3v) is 5.14. The fourth-order valence-corrected chi connectivity index (χ4v) is 3.56. The number of nitrogens with zero attached hydrogens (tertiary/aromatic N) is 4. The Bertz CT molecular complexity index is 1270. The number of hydrogen-bond donors (Lipinski definition) is 1. The molecule has 33 heavy (non-hydrogen) atoms. The number of aromatic nitrogens is 4. The molecule has 0 radical (unpaired) electrons. The average Bonchev–Trinajstić information content (AvgIpc) is 3.22. The summed E-state index contributed by atoms with van der Waals surface area (Å²) >= 11 is 0. The molecule has 0 saturated carbocycles. The lowest BCUT2D eigenvalue weighted by Crippen LogP contribution is -2.17. The molecule has 3 aromatic heterocycles. The summed E-state index contributed by atoms with van der Waals surface area (Å²) in [7, 11) is 0. The smallest absolute Gasteiger partial charge is 0.343 e. The zero-order valence-electron chi connectivity index (χ0n) is 18.3. The Morgan fingerprint density at radius 2 is 1.82 bits per heavy atom. The molecule has 0 saturated heterocycles. The number of carbonyl (C=O) groups is 1. The zero-order chi connectivity index (χ0) is 23.4. The van der Waals surface area contributed by atoms with E-state index in [2.05, 4.69) is 20.3 Å². The third-order valence-electron chi connectivity index (χ3n) is 5.14. The minimum Gasteiger partial charge on any atom is -0.462 e. The molecule has 3 heterocycles. The van der Waals surface area contributed by atoms with Crippen molar-refractivity contribution in [2.24, 2.45) is 0 Å². The predicted octanol–water partition coefficient (Wildman–Crippen LogP) is 5.20. The van der Waals surface area contributed by atoms with Crippen LogP contribution in [0.4, 0.5) is 14.6 Å². The van der Waals surface area contributed by atoms with E-state index in [1.54, 1.807) is 35.7 Å². The van der Waals surface area contributed by atoms with E-state index >= 15 is 0 Å². The highest BCUT2D eigenvalue weighted by Crippen LogP contribution is 2.28. The number of ether oxygens (including phenoxy) is 1. The number of carbonyl (C=O) groups excluding carboxylic acids is 1. The number of anilines is 1. The van der Waals surface area contributed by atoms with E-state index in [0.29, 0.717) is 17.8 Å². The van der Waals surface area contributed by atoms with Crippen molar-refractivity contribution in [2.75, 3.05) is 11.9 Å². The minimum absolute atomic E-state index is 0.170. The number of fused-ring (bicyclic) bond motifs is 1. The molecule has 170 valence electrons. The molecular formula is C24H23F2N5O2. The molecular weight excluding hydrogens is 428 g/mol. The number of hydrogen-bond acceptors (Lipinski definition) is 6. The van der Waals surface area contributed by atoms with E-state index in [1.807, 2.05) is 6.92 Å². The van der Waals surface area contributed by atoms with Gasteiger partial charge in [0.05, 0.1) is 18.8 Å². The zero-order valence-corrected chi connectivity index (χ0v) is 18.3. The van der Waals surface area contributed by atoms with Gasteiger partial charge in [0.2, 0.25) is 0 Å². The van der Waals surface area contributed by atoms with Gasteiger partial charge in [-0.05, 0) is 43.2 Å². The summed E-state index contributed by atoms with van der Waals surface area (Å²) in [5.41, 5.74) is 2.03. The molecule has 1 unspecified atom stereocenters. The number of nitrogens with one attached hydrogen (secondary N) is 1. The van der Waals surface area contributed by atoms with Gasteiger partial charge >= 0.3 is 5.97 Å². The second kappa shape index (κ2) is 9.72. The molecule has 4 aromatic rings. The van der Waals surface area contributed by atoms with Crippen LogP contribution in [-0.4, -0.2) is 31.9 Å². The number of rotatable bonds is 8. The molecule has 0 amide bonds. The first-order valence-electron chi connectivity index (χ1n) is 10.7. The van der Waals surface area contributed by atoms with Crippen LogP contribution in [0.3, 0.4) is 0 Å². The Kier molecular flexibility index (Phi) is 6.58. The van der Waals surface area contributed by atoms with Gasteiger partial charge in [0, 0.05) is 12.4 Å². The minimum atomic E-state index is -0.565. The molecule has 1 atom stereocenters. The molecule has 0 fully saturated rings. The molecule has 7 nitrogen and oxygen atoms in total. The van der Waals surface area contributed by atoms with E-state index < -0.39 is 11.8 Å². The van der Waals surface area contributed by atoms with E-state index in [9.17, 15) is 13.6 Å². The van der Waals surface area contributed by atoms with Gasteiger partial charge in [-0.1, -0.05) is 25.5 Å². The second-order valence-electron chi connectivity index (χ2n) is 7.43. The maximum Gasteiger partial charge on any atom is 0.343 e. The fourth-order valence-electron chi connectivity index (χ4n) is 3.56. The van der Waals surface area contributed by atoms with Gasteiger partial charge in [-0.15, -0.1) is 0 Å². The van der Waals surface area contributed by atoms with Crippen molar-refractivity contribution < 1.29 is 18.3 Å². The number of benzene rings is 1. The highest BCUT2D eigenvalue weighted by atomic mass is 19.1. The monoisotopic (exact) mass is 451 g/mol. The lowest BCUT2D eigenvalue weighted by atomic mass is 10.0. The SMILES string of the molecule is CCCC(Nc1nc(-c2cnc3ccc(F)cn23)ncc1C(=O)OCC)c1ccc(F)cc1. The van der Waals surface area contributed by atoms with E-state index in [-0.39, 0.29) is 35.7 Å². The Hall–Kier alpha value is -3.88. The molecule has 4 rings (SSSR count). The Morgan fingerprint density at radius 1 is 1.06 bits per heavy atom. The number of esters is 1. The maximum atomic E-state index is 13.8. The van der Waals surface area contributed by atoms with Crippen molar-refractivity contribution in [2.45, 2.75) is 32.7 Å².